The monoisotopic (exact) mass is 452 g/mol. The van der Waals surface area contributed by atoms with Crippen LogP contribution >= 0.6 is 0 Å². The Bertz CT molecular complexity index is 854. The van der Waals surface area contributed by atoms with Crippen LogP contribution in [0, 0.1) is 39.9 Å². The lowest BCUT2D eigenvalue weighted by Crippen LogP contribution is -2.73. The van der Waals surface area contributed by atoms with Gasteiger partial charge in [0.25, 0.3) is 0 Å². The van der Waals surface area contributed by atoms with E-state index < -0.39 is 70.5 Å². The van der Waals surface area contributed by atoms with Crippen molar-refractivity contribution in [2.75, 3.05) is 20.3 Å². The maximum absolute atomic E-state index is 13.7. The zero-order valence-corrected chi connectivity index (χ0v) is 18.9. The molecule has 0 radical (unpaired) electrons. The number of hydrogen-bond donors (Lipinski definition) is 2. The summed E-state index contributed by atoms with van der Waals surface area (Å²) in [5, 5.41) is 22.4. The fraction of sp³-hybridized carbons (Fsp3) is 0.870. The minimum absolute atomic E-state index is 0.0589. The lowest BCUT2D eigenvalue weighted by atomic mass is 9.43. The molecule has 2 spiro atoms. The second kappa shape index (κ2) is 6.98. The van der Waals surface area contributed by atoms with Crippen LogP contribution < -0.4 is 0 Å². The highest BCUT2D eigenvalue weighted by atomic mass is 16.6. The second-order valence-corrected chi connectivity index (χ2v) is 11.0. The maximum atomic E-state index is 13.7. The molecule has 0 aromatic carbocycles. The number of fused-ring (bicyclic) bond motifs is 1. The molecular formula is C23H32O9. The number of carbonyl (C=O) groups is 3. The van der Waals surface area contributed by atoms with E-state index >= 15 is 0 Å². The van der Waals surface area contributed by atoms with Crippen molar-refractivity contribution in [2.24, 2.45) is 39.9 Å². The smallest absolute Gasteiger partial charge is 0.320 e. The molecule has 2 aliphatic heterocycles. The van der Waals surface area contributed by atoms with Crippen molar-refractivity contribution >= 4 is 17.7 Å². The zero-order chi connectivity index (χ0) is 23.2. The molecule has 2 bridgehead atoms. The SMILES string of the molecule is COC[C@H]1C(=O)[C@]23C[C@H]1CC(O)[C@H]2[C@@]12CO[C@@H](O)[C@@H]1C(C)(C)[C@@H](OC(C)=O)C[C@@H]2OC3=O. The van der Waals surface area contributed by atoms with Crippen LogP contribution in [0.15, 0.2) is 0 Å². The molecule has 9 nitrogen and oxygen atoms in total. The van der Waals surface area contributed by atoms with Crippen LogP contribution in [0.25, 0.3) is 0 Å². The number of ketones is 1. The van der Waals surface area contributed by atoms with Gasteiger partial charge in [-0.1, -0.05) is 13.8 Å². The molecule has 0 aromatic heterocycles. The quantitative estimate of drug-likeness (QED) is 0.463. The molecule has 3 saturated carbocycles. The van der Waals surface area contributed by atoms with Crippen molar-refractivity contribution in [3.8, 4) is 0 Å². The van der Waals surface area contributed by atoms with Gasteiger partial charge in [-0.2, -0.15) is 0 Å². The summed E-state index contributed by atoms with van der Waals surface area (Å²) < 4.78 is 22.6. The van der Waals surface area contributed by atoms with Crippen LogP contribution in [0.3, 0.4) is 0 Å². The molecule has 0 aromatic rings. The van der Waals surface area contributed by atoms with E-state index in [1.54, 1.807) is 0 Å². The van der Waals surface area contributed by atoms with Crippen molar-refractivity contribution < 1.29 is 43.5 Å². The van der Waals surface area contributed by atoms with Gasteiger partial charge in [0, 0.05) is 49.0 Å². The largest absolute Gasteiger partial charge is 0.462 e. The molecule has 5 aliphatic rings. The topological polar surface area (TPSA) is 129 Å². The number of Topliss-reactive ketones (excluding diaryl/α,β-unsaturated/α-hetero) is 1. The standard InChI is InChI=1S/C23H32O9/c1-10(24)31-14-6-15-23(9-30-19(27)17(23)21(14,2)3)16-13(25)5-11-7-22(16,20(28)32-15)18(26)12(11)8-29-4/h11-17,19,25,27H,5-9H2,1-4H3/t11-,12-,13?,14+,15+,16-,17-,19-,22+,23+/m1/s1. The van der Waals surface area contributed by atoms with Gasteiger partial charge in [-0.05, 0) is 18.8 Å². The Balaban J connectivity index is 1.66. The average Bonchev–Trinajstić information content (AvgIpc) is 3.15. The van der Waals surface area contributed by atoms with E-state index in [1.807, 2.05) is 13.8 Å². The number of hydrogen-bond acceptors (Lipinski definition) is 9. The highest BCUT2D eigenvalue weighted by Crippen LogP contribution is 2.71. The number of aliphatic hydroxyl groups is 2. The molecule has 0 amide bonds. The molecule has 32 heavy (non-hydrogen) atoms. The molecule has 2 N–H and O–H groups in total. The number of ether oxygens (including phenoxy) is 4. The Kier molecular flexibility index (Phi) is 4.85. The van der Waals surface area contributed by atoms with Crippen LogP contribution in [-0.2, 0) is 33.3 Å². The van der Waals surface area contributed by atoms with Crippen molar-refractivity contribution in [3.05, 3.63) is 0 Å². The molecule has 178 valence electrons. The van der Waals surface area contributed by atoms with Crippen LogP contribution in [0.4, 0.5) is 0 Å². The number of carbonyl (C=O) groups excluding carboxylic acids is 3. The normalized spacial score (nSPS) is 50.8. The van der Waals surface area contributed by atoms with Crippen LogP contribution in [0.2, 0.25) is 0 Å². The third-order valence-electron chi connectivity index (χ3n) is 9.26. The third-order valence-corrected chi connectivity index (χ3v) is 9.26. The number of aliphatic hydroxyl groups excluding tert-OH is 2. The summed E-state index contributed by atoms with van der Waals surface area (Å²) in [5.41, 5.74) is -3.18. The van der Waals surface area contributed by atoms with Gasteiger partial charge < -0.3 is 29.2 Å². The average molecular weight is 453 g/mol. The third kappa shape index (κ3) is 2.51. The molecule has 10 atom stereocenters. The van der Waals surface area contributed by atoms with Gasteiger partial charge in [-0.15, -0.1) is 0 Å². The predicted octanol–water partition coefficient (Wildman–Crippen LogP) is 0.443. The van der Waals surface area contributed by atoms with Crippen molar-refractivity contribution in [1.82, 2.24) is 0 Å². The number of rotatable bonds is 3. The first-order valence-corrected chi connectivity index (χ1v) is 11.4. The minimum atomic E-state index is -1.47. The molecule has 2 saturated heterocycles. The van der Waals surface area contributed by atoms with Crippen molar-refractivity contribution in [3.63, 3.8) is 0 Å². The Hall–Kier alpha value is -1.55. The van der Waals surface area contributed by atoms with Gasteiger partial charge in [0.1, 0.15) is 17.6 Å². The Morgan fingerprint density at radius 2 is 1.91 bits per heavy atom. The fourth-order valence-electron chi connectivity index (χ4n) is 8.25. The van der Waals surface area contributed by atoms with Gasteiger partial charge in [-0.25, -0.2) is 0 Å². The first-order valence-electron chi connectivity index (χ1n) is 11.4. The van der Waals surface area contributed by atoms with Gasteiger partial charge >= 0.3 is 11.9 Å². The molecule has 5 fully saturated rings. The molecule has 1 unspecified atom stereocenters. The van der Waals surface area contributed by atoms with E-state index in [2.05, 4.69) is 0 Å². The summed E-state index contributed by atoms with van der Waals surface area (Å²) in [6.07, 6.45) is -2.57. The van der Waals surface area contributed by atoms with E-state index in [9.17, 15) is 24.6 Å². The minimum Gasteiger partial charge on any atom is -0.462 e. The van der Waals surface area contributed by atoms with E-state index in [0.717, 1.165) is 0 Å². The van der Waals surface area contributed by atoms with Gasteiger partial charge in [0.2, 0.25) is 0 Å². The summed E-state index contributed by atoms with van der Waals surface area (Å²) in [4.78, 5) is 39.1. The fourth-order valence-corrected chi connectivity index (χ4v) is 8.25. The van der Waals surface area contributed by atoms with Gasteiger partial charge in [0.05, 0.1) is 19.3 Å². The predicted molar refractivity (Wildman–Crippen MR) is 107 cm³/mol. The van der Waals surface area contributed by atoms with E-state index in [0.29, 0.717) is 12.8 Å². The first-order chi connectivity index (χ1) is 15.0. The van der Waals surface area contributed by atoms with Gasteiger partial charge in [0.15, 0.2) is 12.1 Å². The summed E-state index contributed by atoms with van der Waals surface area (Å²) in [6, 6.07) is 0. The number of esters is 2. The second-order valence-electron chi connectivity index (χ2n) is 11.0. The summed E-state index contributed by atoms with van der Waals surface area (Å²) >= 11 is 0. The lowest BCUT2D eigenvalue weighted by molar-refractivity contribution is -0.269. The van der Waals surface area contributed by atoms with E-state index in [1.165, 1.54) is 14.0 Å². The summed E-state index contributed by atoms with van der Waals surface area (Å²) in [6.45, 7) is 5.36. The first kappa shape index (κ1) is 22.3. The van der Waals surface area contributed by atoms with E-state index in [-0.39, 0.29) is 31.3 Å². The molecular weight excluding hydrogens is 420 g/mol. The Morgan fingerprint density at radius 3 is 2.56 bits per heavy atom. The summed E-state index contributed by atoms with van der Waals surface area (Å²) in [7, 11) is 1.52. The maximum Gasteiger partial charge on any atom is 0.320 e. The molecule has 3 aliphatic carbocycles. The number of methoxy groups -OCH3 is 1. The van der Waals surface area contributed by atoms with Crippen molar-refractivity contribution in [1.29, 1.82) is 0 Å². The lowest BCUT2D eigenvalue weighted by Gasteiger charge is -2.63. The van der Waals surface area contributed by atoms with Crippen LogP contribution in [0.1, 0.15) is 40.0 Å². The van der Waals surface area contributed by atoms with Gasteiger partial charge in [-0.3, -0.25) is 14.4 Å². The molecule has 2 heterocycles. The van der Waals surface area contributed by atoms with E-state index in [4.69, 9.17) is 18.9 Å². The van der Waals surface area contributed by atoms with Crippen LogP contribution in [-0.4, -0.2) is 72.9 Å². The highest BCUT2D eigenvalue weighted by molar-refractivity contribution is 6.08. The molecule has 9 heteroatoms. The van der Waals surface area contributed by atoms with Crippen LogP contribution in [0.5, 0.6) is 0 Å². The Labute approximate surface area is 186 Å². The Morgan fingerprint density at radius 1 is 1.19 bits per heavy atom. The zero-order valence-electron chi connectivity index (χ0n) is 18.9. The van der Waals surface area contributed by atoms with Crippen molar-refractivity contribution in [2.45, 2.75) is 64.6 Å². The summed E-state index contributed by atoms with van der Waals surface area (Å²) in [5.74, 6) is -3.30. The highest BCUT2D eigenvalue weighted by Gasteiger charge is 2.81. The molecule has 5 rings (SSSR count).